The number of aryl methyl sites for hydroxylation is 1. The van der Waals surface area contributed by atoms with Gasteiger partial charge in [-0.1, -0.05) is 0 Å². The Morgan fingerprint density at radius 1 is 1.55 bits per heavy atom. The molecule has 0 aliphatic heterocycles. The first-order chi connectivity index (χ1) is 9.70. The Labute approximate surface area is 119 Å². The van der Waals surface area contributed by atoms with Gasteiger partial charge in [0.05, 0.1) is 25.0 Å². The molecule has 20 heavy (non-hydrogen) atoms. The van der Waals surface area contributed by atoms with Gasteiger partial charge >= 0.3 is 0 Å². The van der Waals surface area contributed by atoms with Crippen molar-refractivity contribution in [3.05, 3.63) is 41.6 Å². The average Bonchev–Trinajstić information content (AvgIpc) is 3.08. The van der Waals surface area contributed by atoms with E-state index in [0.717, 1.165) is 12.3 Å². The first-order valence-corrected chi connectivity index (χ1v) is 7.17. The molecule has 0 radical (unpaired) electrons. The summed E-state index contributed by atoms with van der Waals surface area (Å²) in [6.07, 6.45) is 6.17. The van der Waals surface area contributed by atoms with E-state index in [1.54, 1.807) is 6.26 Å². The molecular weight excluding hydrogens is 252 g/mol. The van der Waals surface area contributed by atoms with Gasteiger partial charge in [0.1, 0.15) is 5.76 Å². The molecule has 2 N–H and O–H groups in total. The monoisotopic (exact) mass is 274 g/mol. The zero-order valence-electron chi connectivity index (χ0n) is 12.1. The van der Waals surface area contributed by atoms with Gasteiger partial charge in [0.2, 0.25) is 0 Å². The molecule has 1 aliphatic carbocycles. The Hall–Kier alpha value is -1.59. The number of hydrogen-bond donors (Lipinski definition) is 1. The molecule has 2 aromatic rings. The van der Waals surface area contributed by atoms with E-state index >= 15 is 0 Å². The minimum atomic E-state index is 0.210. The lowest BCUT2D eigenvalue weighted by Gasteiger charge is -2.30. The van der Waals surface area contributed by atoms with Gasteiger partial charge in [0.15, 0.2) is 0 Å². The van der Waals surface area contributed by atoms with E-state index < -0.39 is 0 Å². The predicted molar refractivity (Wildman–Crippen MR) is 77.0 cm³/mol. The number of furan rings is 1. The molecule has 0 aromatic carbocycles. The molecule has 2 heterocycles. The van der Waals surface area contributed by atoms with Crippen molar-refractivity contribution < 1.29 is 4.42 Å². The molecule has 1 atom stereocenters. The molecule has 2 aromatic heterocycles. The highest BCUT2D eigenvalue weighted by molar-refractivity contribution is 5.22. The molecule has 5 heteroatoms. The van der Waals surface area contributed by atoms with Crippen LogP contribution in [-0.4, -0.2) is 27.3 Å². The topological polar surface area (TPSA) is 60.2 Å². The summed E-state index contributed by atoms with van der Waals surface area (Å²) >= 11 is 0. The summed E-state index contributed by atoms with van der Waals surface area (Å²) in [5.41, 5.74) is 8.48. The zero-order valence-corrected chi connectivity index (χ0v) is 12.1. The lowest BCUT2D eigenvalue weighted by molar-refractivity contribution is 0.167. The van der Waals surface area contributed by atoms with E-state index in [4.69, 9.17) is 10.2 Å². The van der Waals surface area contributed by atoms with E-state index in [-0.39, 0.29) is 6.04 Å². The van der Waals surface area contributed by atoms with Crippen LogP contribution >= 0.6 is 0 Å². The average molecular weight is 274 g/mol. The van der Waals surface area contributed by atoms with Crippen LogP contribution in [0.15, 0.2) is 29.0 Å². The molecular formula is C15H22N4O. The summed E-state index contributed by atoms with van der Waals surface area (Å²) < 4.78 is 7.42. The third-order valence-corrected chi connectivity index (χ3v) is 4.19. The summed E-state index contributed by atoms with van der Waals surface area (Å²) in [6.45, 7) is 3.51. The fraction of sp³-hybridized carbons (Fsp3) is 0.533. The van der Waals surface area contributed by atoms with Gasteiger partial charge in [0, 0.05) is 30.9 Å². The molecule has 0 bridgehead atoms. The minimum Gasteiger partial charge on any atom is -0.468 e. The fourth-order valence-electron chi connectivity index (χ4n) is 2.77. The molecule has 0 saturated heterocycles. The Bertz CT molecular complexity index is 556. The van der Waals surface area contributed by atoms with Gasteiger partial charge in [-0.15, -0.1) is 0 Å². The number of nitrogens with two attached hydrogens (primary N) is 1. The summed E-state index contributed by atoms with van der Waals surface area (Å²) in [7, 11) is 1.97. The maximum absolute atomic E-state index is 6.07. The molecule has 108 valence electrons. The van der Waals surface area contributed by atoms with Crippen molar-refractivity contribution in [2.75, 3.05) is 6.54 Å². The maximum Gasteiger partial charge on any atom is 0.117 e. The van der Waals surface area contributed by atoms with E-state index in [0.29, 0.717) is 12.6 Å². The van der Waals surface area contributed by atoms with Crippen molar-refractivity contribution in [3.8, 4) is 0 Å². The van der Waals surface area contributed by atoms with E-state index in [2.05, 4.69) is 16.9 Å². The van der Waals surface area contributed by atoms with Gasteiger partial charge in [0.25, 0.3) is 0 Å². The SMILES string of the molecule is Cc1c(C(CN)N(Cc2ccco2)C2CC2)cnn1C. The quantitative estimate of drug-likeness (QED) is 0.875. The number of aromatic nitrogens is 2. The van der Waals surface area contributed by atoms with Crippen molar-refractivity contribution in [1.29, 1.82) is 0 Å². The Morgan fingerprint density at radius 3 is 2.85 bits per heavy atom. The third kappa shape index (κ3) is 2.51. The van der Waals surface area contributed by atoms with Crippen LogP contribution in [-0.2, 0) is 13.6 Å². The highest BCUT2D eigenvalue weighted by atomic mass is 16.3. The summed E-state index contributed by atoms with van der Waals surface area (Å²) in [5, 5.41) is 4.36. The van der Waals surface area contributed by atoms with E-state index in [1.807, 2.05) is 30.1 Å². The van der Waals surface area contributed by atoms with Gasteiger partial charge < -0.3 is 10.2 Å². The largest absolute Gasteiger partial charge is 0.468 e. The predicted octanol–water partition coefficient (Wildman–Crippen LogP) is 1.99. The Morgan fingerprint density at radius 2 is 2.35 bits per heavy atom. The zero-order chi connectivity index (χ0) is 14.1. The molecule has 5 nitrogen and oxygen atoms in total. The van der Waals surface area contributed by atoms with Crippen LogP contribution in [0.1, 0.15) is 35.9 Å². The van der Waals surface area contributed by atoms with Gasteiger partial charge in [-0.05, 0) is 31.9 Å². The second kappa shape index (κ2) is 5.42. The first kappa shape index (κ1) is 13.4. The van der Waals surface area contributed by atoms with E-state index in [1.165, 1.54) is 24.1 Å². The number of nitrogens with zero attached hydrogens (tertiary/aromatic N) is 3. The lowest BCUT2D eigenvalue weighted by Crippen LogP contribution is -2.35. The van der Waals surface area contributed by atoms with Crippen molar-refractivity contribution in [2.45, 2.75) is 38.4 Å². The smallest absolute Gasteiger partial charge is 0.117 e. The maximum atomic E-state index is 6.07. The molecule has 1 fully saturated rings. The van der Waals surface area contributed by atoms with Crippen LogP contribution in [0.3, 0.4) is 0 Å². The van der Waals surface area contributed by atoms with Gasteiger partial charge in [-0.3, -0.25) is 9.58 Å². The van der Waals surface area contributed by atoms with Crippen LogP contribution in [0.5, 0.6) is 0 Å². The lowest BCUT2D eigenvalue weighted by atomic mass is 10.1. The van der Waals surface area contributed by atoms with Crippen LogP contribution in [0, 0.1) is 6.92 Å². The highest BCUT2D eigenvalue weighted by Crippen LogP contribution is 2.36. The number of hydrogen-bond acceptors (Lipinski definition) is 4. The second-order valence-electron chi connectivity index (χ2n) is 5.54. The first-order valence-electron chi connectivity index (χ1n) is 7.17. The third-order valence-electron chi connectivity index (χ3n) is 4.19. The van der Waals surface area contributed by atoms with E-state index in [9.17, 15) is 0 Å². The Kier molecular flexibility index (Phi) is 3.63. The van der Waals surface area contributed by atoms with Crippen LogP contribution in [0.25, 0.3) is 0 Å². The molecule has 0 amide bonds. The van der Waals surface area contributed by atoms with Gasteiger partial charge in [-0.25, -0.2) is 0 Å². The Balaban J connectivity index is 1.86. The van der Waals surface area contributed by atoms with Crippen LogP contribution < -0.4 is 5.73 Å². The van der Waals surface area contributed by atoms with Gasteiger partial charge in [-0.2, -0.15) is 5.10 Å². The molecule has 3 rings (SSSR count). The van der Waals surface area contributed by atoms with Crippen molar-refractivity contribution in [1.82, 2.24) is 14.7 Å². The second-order valence-corrected chi connectivity index (χ2v) is 5.54. The summed E-state index contributed by atoms with van der Waals surface area (Å²) in [5.74, 6) is 0.997. The van der Waals surface area contributed by atoms with Crippen molar-refractivity contribution in [3.63, 3.8) is 0 Å². The van der Waals surface area contributed by atoms with Crippen molar-refractivity contribution >= 4 is 0 Å². The standard InChI is InChI=1S/C15H22N4O/c1-11-14(9-17-18(11)2)15(8-16)19(12-5-6-12)10-13-4-3-7-20-13/h3-4,7,9,12,15H,5-6,8,10,16H2,1-2H3. The fourth-order valence-corrected chi connectivity index (χ4v) is 2.77. The highest BCUT2D eigenvalue weighted by Gasteiger charge is 2.35. The van der Waals surface area contributed by atoms with Crippen molar-refractivity contribution in [2.24, 2.45) is 12.8 Å². The molecule has 1 saturated carbocycles. The summed E-state index contributed by atoms with van der Waals surface area (Å²) in [6, 6.07) is 4.79. The van der Waals surface area contributed by atoms with Crippen LogP contribution in [0.2, 0.25) is 0 Å². The normalized spacial score (nSPS) is 16.8. The summed E-state index contributed by atoms with van der Waals surface area (Å²) in [4.78, 5) is 2.46. The number of rotatable bonds is 6. The molecule has 0 spiro atoms. The molecule has 1 unspecified atom stereocenters. The minimum absolute atomic E-state index is 0.210. The van der Waals surface area contributed by atoms with Crippen LogP contribution in [0.4, 0.5) is 0 Å². The molecule has 1 aliphatic rings.